The Balaban J connectivity index is 1.33. The molecule has 2 nitrogen and oxygen atoms in total. The second-order valence-corrected chi connectivity index (χ2v) is 14.0. The molecule has 0 spiro atoms. The maximum absolute atomic E-state index is 6.26. The first-order valence-corrected chi connectivity index (χ1v) is 16.8. The van der Waals surface area contributed by atoms with Gasteiger partial charge in [-0.2, -0.15) is 0 Å². The number of aliphatic imine (C=N–C) groups is 1. The van der Waals surface area contributed by atoms with Gasteiger partial charge in [-0.25, -0.2) is 0 Å². The zero-order valence-electron chi connectivity index (χ0n) is 27.7. The number of ether oxygens (including phenoxy) is 1. The monoisotopic (exact) mass is 593 g/mol. The van der Waals surface area contributed by atoms with Crippen LogP contribution in [0.15, 0.2) is 102 Å². The van der Waals surface area contributed by atoms with E-state index in [0.717, 1.165) is 49.0 Å². The molecule has 6 rings (SSSR count). The van der Waals surface area contributed by atoms with E-state index in [0.29, 0.717) is 12.5 Å². The first-order chi connectivity index (χ1) is 21.8. The minimum atomic E-state index is -0.0847. The molecule has 45 heavy (non-hydrogen) atoms. The Labute approximate surface area is 271 Å². The average molecular weight is 594 g/mol. The van der Waals surface area contributed by atoms with E-state index in [9.17, 15) is 0 Å². The van der Waals surface area contributed by atoms with Crippen molar-refractivity contribution in [3.8, 4) is 28.7 Å². The third kappa shape index (κ3) is 6.37. The van der Waals surface area contributed by atoms with Crippen LogP contribution in [0.5, 0.6) is 5.75 Å². The molecule has 2 unspecified atom stereocenters. The third-order valence-electron chi connectivity index (χ3n) is 9.75. The number of rotatable bonds is 8. The molecule has 3 aliphatic rings. The van der Waals surface area contributed by atoms with Gasteiger partial charge in [0.1, 0.15) is 5.75 Å². The summed E-state index contributed by atoms with van der Waals surface area (Å²) in [6.07, 6.45) is 19.8. The van der Waals surface area contributed by atoms with Crippen molar-refractivity contribution in [2.24, 2.45) is 10.4 Å². The van der Waals surface area contributed by atoms with Gasteiger partial charge in [-0.15, -0.1) is 0 Å². The summed E-state index contributed by atoms with van der Waals surface area (Å²) in [6.45, 7) is 11.9. The molecule has 2 heteroatoms. The van der Waals surface area contributed by atoms with Gasteiger partial charge in [0, 0.05) is 40.7 Å². The van der Waals surface area contributed by atoms with Gasteiger partial charge >= 0.3 is 0 Å². The lowest BCUT2D eigenvalue weighted by molar-refractivity contribution is 0.329. The third-order valence-corrected chi connectivity index (χ3v) is 9.75. The molecular formula is C43H47NO. The number of hydrogen-bond acceptors (Lipinski definition) is 2. The Morgan fingerprint density at radius 1 is 0.956 bits per heavy atom. The summed E-state index contributed by atoms with van der Waals surface area (Å²) in [6, 6.07) is 22.6. The van der Waals surface area contributed by atoms with Crippen molar-refractivity contribution in [1.29, 1.82) is 0 Å². The smallest absolute Gasteiger partial charge is 0.131 e. The van der Waals surface area contributed by atoms with Crippen LogP contribution in [0.2, 0.25) is 0 Å². The fraction of sp³-hybridized carbons (Fsp3) is 0.372. The SMILES string of the molecule is CCOc1c(C=NC2C=CCCC2)cc(C#CCCC(C)(C2=CCC=C2)C2c3ccccc3-c3ccccc32)cc1C(C)(C)C. The number of allylic oxidation sites excluding steroid dienone is 5. The standard InChI is InChI=1S/C43H47NO/c1-6-45-41-32(30-44-34-21-8-7-9-22-34)28-31(29-39(41)42(2,3)4)18-16-17-27-43(5,33-19-10-11-20-33)40-37-25-14-12-23-35(37)36-24-13-15-26-38(36)40/h8,10,12-15,19-21,23-26,28-30,34,40H,6-7,9,11,17,22,27H2,1-5H3. The van der Waals surface area contributed by atoms with Gasteiger partial charge in [-0.3, -0.25) is 4.99 Å². The second kappa shape index (κ2) is 13.1. The highest BCUT2D eigenvalue weighted by Crippen LogP contribution is 2.57. The molecule has 0 fully saturated rings. The van der Waals surface area contributed by atoms with E-state index in [4.69, 9.17) is 9.73 Å². The molecule has 0 heterocycles. The van der Waals surface area contributed by atoms with Crippen molar-refractivity contribution in [3.63, 3.8) is 0 Å². The minimum Gasteiger partial charge on any atom is -0.493 e. The molecule has 3 aromatic rings. The van der Waals surface area contributed by atoms with Gasteiger partial charge < -0.3 is 4.74 Å². The minimum absolute atomic E-state index is 0.0644. The Morgan fingerprint density at radius 2 is 1.69 bits per heavy atom. The molecule has 0 aromatic heterocycles. The summed E-state index contributed by atoms with van der Waals surface area (Å²) in [7, 11) is 0. The van der Waals surface area contributed by atoms with Crippen LogP contribution >= 0.6 is 0 Å². The first-order valence-electron chi connectivity index (χ1n) is 16.8. The molecule has 0 saturated heterocycles. The predicted octanol–water partition coefficient (Wildman–Crippen LogP) is 10.7. The van der Waals surface area contributed by atoms with Crippen molar-refractivity contribution in [3.05, 3.63) is 124 Å². The van der Waals surface area contributed by atoms with Crippen LogP contribution in [0, 0.1) is 17.3 Å². The summed E-state index contributed by atoms with van der Waals surface area (Å²) in [4.78, 5) is 4.96. The van der Waals surface area contributed by atoms with Crippen LogP contribution in [0.4, 0.5) is 0 Å². The summed E-state index contributed by atoms with van der Waals surface area (Å²) in [5, 5.41) is 0. The van der Waals surface area contributed by atoms with Crippen molar-refractivity contribution in [1.82, 2.24) is 0 Å². The zero-order chi connectivity index (χ0) is 31.4. The van der Waals surface area contributed by atoms with E-state index in [2.05, 4.69) is 138 Å². The van der Waals surface area contributed by atoms with Crippen LogP contribution in [0.1, 0.15) is 107 Å². The first kappa shape index (κ1) is 30.9. The zero-order valence-corrected chi connectivity index (χ0v) is 27.7. The second-order valence-electron chi connectivity index (χ2n) is 14.0. The lowest BCUT2D eigenvalue weighted by atomic mass is 9.65. The summed E-state index contributed by atoms with van der Waals surface area (Å²) in [5.74, 6) is 8.43. The molecule has 0 N–H and O–H groups in total. The van der Waals surface area contributed by atoms with Gasteiger partial charge in [0.25, 0.3) is 0 Å². The van der Waals surface area contributed by atoms with E-state index in [-0.39, 0.29) is 16.9 Å². The highest BCUT2D eigenvalue weighted by molar-refractivity contribution is 5.86. The molecular weight excluding hydrogens is 546 g/mol. The highest BCUT2D eigenvalue weighted by Gasteiger charge is 2.43. The maximum Gasteiger partial charge on any atom is 0.131 e. The van der Waals surface area contributed by atoms with Crippen molar-refractivity contribution >= 4 is 6.21 Å². The molecule has 0 amide bonds. The number of fused-ring (bicyclic) bond motifs is 3. The largest absolute Gasteiger partial charge is 0.493 e. The molecule has 0 saturated carbocycles. The predicted molar refractivity (Wildman–Crippen MR) is 190 cm³/mol. The van der Waals surface area contributed by atoms with Crippen LogP contribution < -0.4 is 4.74 Å². The van der Waals surface area contributed by atoms with Gasteiger partial charge in [-0.1, -0.05) is 118 Å². The topological polar surface area (TPSA) is 21.6 Å². The van der Waals surface area contributed by atoms with Crippen molar-refractivity contribution in [2.45, 2.75) is 90.5 Å². The Morgan fingerprint density at radius 3 is 2.31 bits per heavy atom. The number of hydrogen-bond donors (Lipinski definition) is 0. The van der Waals surface area contributed by atoms with Crippen LogP contribution in [0.25, 0.3) is 11.1 Å². The van der Waals surface area contributed by atoms with Gasteiger partial charge in [0.2, 0.25) is 0 Å². The molecule has 2 atom stereocenters. The number of nitrogens with zero attached hydrogens (tertiary/aromatic N) is 1. The van der Waals surface area contributed by atoms with E-state index in [1.165, 1.54) is 39.8 Å². The molecule has 3 aromatic carbocycles. The summed E-state index contributed by atoms with van der Waals surface area (Å²) < 4.78 is 6.26. The molecule has 3 aliphatic carbocycles. The molecule has 0 radical (unpaired) electrons. The van der Waals surface area contributed by atoms with Crippen LogP contribution in [-0.2, 0) is 5.41 Å². The van der Waals surface area contributed by atoms with Crippen LogP contribution in [0.3, 0.4) is 0 Å². The average Bonchev–Trinajstić information content (AvgIpc) is 3.71. The lowest BCUT2D eigenvalue weighted by Crippen LogP contribution is -2.27. The summed E-state index contributed by atoms with van der Waals surface area (Å²) >= 11 is 0. The van der Waals surface area contributed by atoms with E-state index < -0.39 is 0 Å². The summed E-state index contributed by atoms with van der Waals surface area (Å²) in [5.41, 5.74) is 10.2. The quantitative estimate of drug-likeness (QED) is 0.145. The highest BCUT2D eigenvalue weighted by atomic mass is 16.5. The fourth-order valence-electron chi connectivity index (χ4n) is 7.44. The van der Waals surface area contributed by atoms with E-state index >= 15 is 0 Å². The van der Waals surface area contributed by atoms with Gasteiger partial charge in [0.15, 0.2) is 0 Å². The van der Waals surface area contributed by atoms with Crippen molar-refractivity contribution in [2.75, 3.05) is 6.61 Å². The molecule has 0 bridgehead atoms. The number of benzene rings is 3. The van der Waals surface area contributed by atoms with Crippen molar-refractivity contribution < 1.29 is 4.74 Å². The van der Waals surface area contributed by atoms with E-state index in [1.54, 1.807) is 0 Å². The van der Waals surface area contributed by atoms with Crippen LogP contribution in [-0.4, -0.2) is 18.9 Å². The van der Waals surface area contributed by atoms with Gasteiger partial charge in [0.05, 0.1) is 12.6 Å². The molecule has 230 valence electrons. The normalized spacial score (nSPS) is 18.7. The lowest BCUT2D eigenvalue weighted by Gasteiger charge is -2.38. The Kier molecular flexibility index (Phi) is 9.00. The van der Waals surface area contributed by atoms with E-state index in [1.807, 2.05) is 6.21 Å². The fourth-order valence-corrected chi connectivity index (χ4v) is 7.44. The maximum atomic E-state index is 6.26. The Hall–Kier alpha value is -4.09. The Bertz CT molecular complexity index is 1690. The molecule has 0 aliphatic heterocycles. The van der Waals surface area contributed by atoms with Gasteiger partial charge in [-0.05, 0) is 84.4 Å².